The third-order valence-corrected chi connectivity index (χ3v) is 5.98. The zero-order valence-electron chi connectivity index (χ0n) is 18.2. The molecule has 0 radical (unpaired) electrons. The van der Waals surface area contributed by atoms with E-state index in [2.05, 4.69) is 24.8 Å². The number of ether oxygens (including phenoxy) is 1. The van der Waals surface area contributed by atoms with Crippen LogP contribution in [0.5, 0.6) is 0 Å². The van der Waals surface area contributed by atoms with Gasteiger partial charge in [-0.1, -0.05) is 60.7 Å². The minimum atomic E-state index is -0.187. The summed E-state index contributed by atoms with van der Waals surface area (Å²) in [5.74, 6) is 0.596. The van der Waals surface area contributed by atoms with Crippen LogP contribution in [-0.2, 0) is 9.53 Å². The first-order valence-electron chi connectivity index (χ1n) is 11.1. The Morgan fingerprint density at radius 2 is 1.64 bits per heavy atom. The first-order valence-corrected chi connectivity index (χ1v) is 11.1. The normalized spacial score (nSPS) is 14.2. The molecular weight excluding hydrogens is 414 g/mol. The molecule has 1 saturated heterocycles. The number of H-pyrrole nitrogens is 1. The summed E-state index contributed by atoms with van der Waals surface area (Å²) in [5.41, 5.74) is 3.63. The zero-order valence-corrected chi connectivity index (χ0v) is 18.2. The van der Waals surface area contributed by atoms with Gasteiger partial charge in [-0.3, -0.25) is 4.79 Å². The number of nitrogens with zero attached hydrogens (tertiary/aromatic N) is 4. The molecule has 1 fully saturated rings. The lowest BCUT2D eigenvalue weighted by molar-refractivity contribution is -0.148. The number of fused-ring (bicyclic) bond motifs is 1. The van der Waals surface area contributed by atoms with Crippen molar-refractivity contribution in [3.05, 3.63) is 90.4 Å². The third kappa shape index (κ3) is 4.62. The van der Waals surface area contributed by atoms with Crippen LogP contribution in [-0.4, -0.2) is 46.5 Å². The summed E-state index contributed by atoms with van der Waals surface area (Å²) in [6.45, 7) is 1.51. The Balaban J connectivity index is 1.21. The van der Waals surface area contributed by atoms with Crippen molar-refractivity contribution in [2.75, 3.05) is 24.7 Å². The van der Waals surface area contributed by atoms with E-state index in [-0.39, 0.29) is 18.6 Å². The van der Waals surface area contributed by atoms with Crippen LogP contribution < -0.4 is 4.90 Å². The number of anilines is 1. The summed E-state index contributed by atoms with van der Waals surface area (Å²) in [6, 6.07) is 21.9. The highest BCUT2D eigenvalue weighted by molar-refractivity contribution is 6.12. The molecule has 1 N–H and O–H groups in total. The Morgan fingerprint density at radius 3 is 2.30 bits per heavy atom. The van der Waals surface area contributed by atoms with Crippen LogP contribution in [0.25, 0.3) is 11.0 Å². The molecule has 0 amide bonds. The molecule has 0 atom stereocenters. The van der Waals surface area contributed by atoms with Gasteiger partial charge in [0, 0.05) is 30.4 Å². The number of carbonyl (C=O) groups excluding carboxylic acids is 1. The van der Waals surface area contributed by atoms with Crippen molar-refractivity contribution in [2.24, 2.45) is 10.9 Å². The van der Waals surface area contributed by atoms with Crippen LogP contribution in [0, 0.1) is 5.92 Å². The van der Waals surface area contributed by atoms with E-state index in [0.29, 0.717) is 0 Å². The number of hydrogen-bond donors (Lipinski definition) is 1. The van der Waals surface area contributed by atoms with Gasteiger partial charge in [-0.25, -0.2) is 15.0 Å². The topological polar surface area (TPSA) is 83.5 Å². The standard InChI is InChI=1S/C26H25N5O2/c32-26(21-12-15-31(16-13-21)25-22-11-14-27-24(22)28-17-29-25)33-18-30-23(19-7-3-1-4-8-19)20-9-5-2-6-10-20/h1-11,14,17,21H,12-13,15-16,18H2,(H,27,28,29). The van der Waals surface area contributed by atoms with E-state index < -0.39 is 0 Å². The fourth-order valence-electron chi connectivity index (χ4n) is 4.26. The summed E-state index contributed by atoms with van der Waals surface area (Å²) in [6.07, 6.45) is 4.89. The summed E-state index contributed by atoms with van der Waals surface area (Å²) < 4.78 is 5.58. The second-order valence-electron chi connectivity index (χ2n) is 8.03. The van der Waals surface area contributed by atoms with Crippen LogP contribution in [0.3, 0.4) is 0 Å². The van der Waals surface area contributed by atoms with Crippen molar-refractivity contribution in [3.8, 4) is 0 Å². The maximum absolute atomic E-state index is 12.7. The molecule has 0 unspecified atom stereocenters. The van der Waals surface area contributed by atoms with Gasteiger partial charge in [0.15, 0.2) is 6.73 Å². The molecule has 7 heteroatoms. The fourth-order valence-corrected chi connectivity index (χ4v) is 4.26. The maximum Gasteiger partial charge on any atom is 0.310 e. The number of esters is 1. The van der Waals surface area contributed by atoms with E-state index in [1.807, 2.05) is 72.9 Å². The lowest BCUT2D eigenvalue weighted by Crippen LogP contribution is -2.37. The van der Waals surface area contributed by atoms with Crippen molar-refractivity contribution >= 4 is 28.5 Å². The predicted octanol–water partition coefficient (Wildman–Crippen LogP) is 4.21. The maximum atomic E-state index is 12.7. The first-order chi connectivity index (χ1) is 16.3. The second-order valence-corrected chi connectivity index (χ2v) is 8.03. The lowest BCUT2D eigenvalue weighted by atomic mass is 9.97. The van der Waals surface area contributed by atoms with Crippen LogP contribution in [0.2, 0.25) is 0 Å². The Hall–Kier alpha value is -4.00. The smallest absolute Gasteiger partial charge is 0.310 e. The van der Waals surface area contributed by atoms with Crippen molar-refractivity contribution < 1.29 is 9.53 Å². The number of hydrogen-bond acceptors (Lipinski definition) is 6. The molecule has 4 aromatic rings. The fraction of sp³-hybridized carbons (Fsp3) is 0.231. The SMILES string of the molecule is O=C(OCN=C(c1ccccc1)c1ccccc1)C1CCN(c2ncnc3[nH]ccc23)CC1. The number of nitrogens with one attached hydrogen (secondary N) is 1. The van der Waals surface area contributed by atoms with Gasteiger partial charge in [0.25, 0.3) is 0 Å². The van der Waals surface area contributed by atoms with E-state index in [0.717, 1.165) is 59.6 Å². The van der Waals surface area contributed by atoms with Gasteiger partial charge in [0.05, 0.1) is 17.0 Å². The molecule has 1 aliphatic heterocycles. The van der Waals surface area contributed by atoms with Gasteiger partial charge in [0.1, 0.15) is 17.8 Å². The van der Waals surface area contributed by atoms with Crippen molar-refractivity contribution in [1.82, 2.24) is 15.0 Å². The number of carbonyl (C=O) groups is 1. The summed E-state index contributed by atoms with van der Waals surface area (Å²) >= 11 is 0. The molecule has 7 nitrogen and oxygen atoms in total. The highest BCUT2D eigenvalue weighted by Gasteiger charge is 2.27. The monoisotopic (exact) mass is 439 g/mol. The third-order valence-electron chi connectivity index (χ3n) is 5.98. The van der Waals surface area contributed by atoms with Gasteiger partial charge in [-0.2, -0.15) is 0 Å². The van der Waals surface area contributed by atoms with Crippen LogP contribution in [0.1, 0.15) is 24.0 Å². The average Bonchev–Trinajstić information content (AvgIpc) is 3.37. The van der Waals surface area contributed by atoms with Gasteiger partial charge in [-0.05, 0) is 18.9 Å². The highest BCUT2D eigenvalue weighted by atomic mass is 16.5. The summed E-state index contributed by atoms with van der Waals surface area (Å²) in [7, 11) is 0. The average molecular weight is 440 g/mol. The van der Waals surface area contributed by atoms with E-state index >= 15 is 0 Å². The number of piperidine rings is 1. The molecule has 2 aromatic heterocycles. The minimum absolute atomic E-state index is 0.00799. The molecule has 0 aliphatic carbocycles. The summed E-state index contributed by atoms with van der Waals surface area (Å²) in [4.78, 5) is 31.4. The number of benzene rings is 2. The van der Waals surface area contributed by atoms with E-state index in [4.69, 9.17) is 4.74 Å². The Bertz CT molecular complexity index is 1200. The quantitative estimate of drug-likeness (QED) is 0.359. The molecule has 5 rings (SSSR count). The molecule has 0 saturated carbocycles. The van der Waals surface area contributed by atoms with E-state index in [9.17, 15) is 4.79 Å². The Morgan fingerprint density at radius 1 is 0.970 bits per heavy atom. The molecule has 1 aliphatic rings. The number of aromatic nitrogens is 3. The van der Waals surface area contributed by atoms with Crippen molar-refractivity contribution in [3.63, 3.8) is 0 Å². The van der Waals surface area contributed by atoms with Crippen LogP contribution in [0.4, 0.5) is 5.82 Å². The molecule has 166 valence electrons. The largest absolute Gasteiger partial charge is 0.442 e. The van der Waals surface area contributed by atoms with Crippen LogP contribution in [0.15, 0.2) is 84.2 Å². The number of aliphatic imine (C=N–C) groups is 1. The number of rotatable bonds is 6. The van der Waals surface area contributed by atoms with Crippen molar-refractivity contribution in [2.45, 2.75) is 12.8 Å². The zero-order chi connectivity index (χ0) is 22.5. The van der Waals surface area contributed by atoms with Crippen molar-refractivity contribution in [1.29, 1.82) is 0 Å². The number of aromatic amines is 1. The second kappa shape index (κ2) is 9.65. The molecule has 3 heterocycles. The predicted molar refractivity (Wildman–Crippen MR) is 128 cm³/mol. The highest BCUT2D eigenvalue weighted by Crippen LogP contribution is 2.27. The molecule has 2 aromatic carbocycles. The molecule has 0 spiro atoms. The van der Waals surface area contributed by atoms with Crippen LogP contribution >= 0.6 is 0 Å². The van der Waals surface area contributed by atoms with Gasteiger partial charge in [0.2, 0.25) is 0 Å². The summed E-state index contributed by atoms with van der Waals surface area (Å²) in [5, 5.41) is 1.00. The van der Waals surface area contributed by atoms with E-state index in [1.165, 1.54) is 0 Å². The molecular formula is C26H25N5O2. The lowest BCUT2D eigenvalue weighted by Gasteiger charge is -2.31. The van der Waals surface area contributed by atoms with E-state index in [1.54, 1.807) is 6.33 Å². The van der Waals surface area contributed by atoms with Gasteiger partial charge < -0.3 is 14.6 Å². The first kappa shape index (κ1) is 20.9. The van der Waals surface area contributed by atoms with Gasteiger partial charge in [-0.15, -0.1) is 0 Å². The Kier molecular flexibility index (Phi) is 6.10. The minimum Gasteiger partial charge on any atom is -0.442 e. The molecule has 33 heavy (non-hydrogen) atoms. The molecule has 0 bridgehead atoms. The van der Waals surface area contributed by atoms with Gasteiger partial charge >= 0.3 is 5.97 Å². The Labute approximate surface area is 192 Å².